The maximum absolute atomic E-state index is 9.15. The first-order chi connectivity index (χ1) is 5.20. The van der Waals surface area contributed by atoms with Gasteiger partial charge in [0.2, 0.25) is 0 Å². The Bertz CT molecular complexity index is 110. The molecule has 1 rings (SSSR count). The van der Waals surface area contributed by atoms with E-state index in [0.29, 0.717) is 0 Å². The average molecular weight is 164 g/mol. The fourth-order valence-electron chi connectivity index (χ4n) is 1.06. The van der Waals surface area contributed by atoms with Crippen molar-refractivity contribution in [3.8, 4) is 0 Å². The van der Waals surface area contributed by atoms with Gasteiger partial charge in [0.15, 0.2) is 6.29 Å². The number of hydrogen-bond donors (Lipinski definition) is 3. The molecule has 0 unspecified atom stereocenters. The predicted molar refractivity (Wildman–Crippen MR) is 34.8 cm³/mol. The minimum atomic E-state index is -1.07. The molecule has 0 aliphatic carbocycles. The van der Waals surface area contributed by atoms with Gasteiger partial charge in [-0.1, -0.05) is 0 Å². The molecule has 66 valence electrons. The van der Waals surface area contributed by atoms with Gasteiger partial charge in [0.05, 0.1) is 6.61 Å². The van der Waals surface area contributed by atoms with E-state index in [-0.39, 0.29) is 6.61 Å². The quantitative estimate of drug-likeness (QED) is 0.443. The van der Waals surface area contributed by atoms with Crippen molar-refractivity contribution in [3.63, 3.8) is 0 Å². The lowest BCUT2D eigenvalue weighted by Crippen LogP contribution is -2.34. The molecule has 11 heavy (non-hydrogen) atoms. The van der Waals surface area contributed by atoms with Crippen molar-refractivity contribution < 1.29 is 24.8 Å². The molecule has 4 atom stereocenters. The van der Waals surface area contributed by atoms with Gasteiger partial charge in [-0.2, -0.15) is 0 Å². The topological polar surface area (TPSA) is 79.2 Å². The van der Waals surface area contributed by atoms with Crippen molar-refractivity contribution in [2.24, 2.45) is 0 Å². The van der Waals surface area contributed by atoms with Crippen molar-refractivity contribution in [1.29, 1.82) is 0 Å². The normalized spacial score (nSPS) is 44.7. The van der Waals surface area contributed by atoms with Crippen molar-refractivity contribution in [3.05, 3.63) is 0 Å². The first-order valence-corrected chi connectivity index (χ1v) is 3.36. The summed E-state index contributed by atoms with van der Waals surface area (Å²) in [7, 11) is 1.36. The maximum atomic E-state index is 9.15. The molecular formula is C6H12O5. The SMILES string of the molecule is CO[C@H]1O[C@H](CO)[C@@H](O)[C@H]1O. The van der Waals surface area contributed by atoms with Crippen LogP contribution in [0.4, 0.5) is 0 Å². The summed E-state index contributed by atoms with van der Waals surface area (Å²) in [5, 5.41) is 26.9. The fourth-order valence-corrected chi connectivity index (χ4v) is 1.06. The molecule has 0 saturated carbocycles. The second-order valence-electron chi connectivity index (χ2n) is 2.44. The van der Waals surface area contributed by atoms with Crippen LogP contribution < -0.4 is 0 Å². The molecule has 0 amide bonds. The van der Waals surface area contributed by atoms with Crippen LogP contribution in [0.25, 0.3) is 0 Å². The van der Waals surface area contributed by atoms with Crippen LogP contribution in [0, 0.1) is 0 Å². The number of methoxy groups -OCH3 is 1. The van der Waals surface area contributed by atoms with Gasteiger partial charge in [-0.25, -0.2) is 0 Å². The Hall–Kier alpha value is -0.200. The van der Waals surface area contributed by atoms with Crippen molar-refractivity contribution >= 4 is 0 Å². The van der Waals surface area contributed by atoms with Crippen LogP contribution in [0.2, 0.25) is 0 Å². The Labute approximate surface area is 64.2 Å². The molecule has 0 aromatic carbocycles. The lowest BCUT2D eigenvalue weighted by Gasteiger charge is -2.11. The van der Waals surface area contributed by atoms with Crippen LogP contribution in [0.3, 0.4) is 0 Å². The molecule has 5 heteroatoms. The van der Waals surface area contributed by atoms with Crippen LogP contribution in [-0.4, -0.2) is 53.6 Å². The smallest absolute Gasteiger partial charge is 0.186 e. The summed E-state index contributed by atoms with van der Waals surface area (Å²) in [5.41, 5.74) is 0. The van der Waals surface area contributed by atoms with Crippen molar-refractivity contribution in [2.75, 3.05) is 13.7 Å². The van der Waals surface area contributed by atoms with Gasteiger partial charge in [0.1, 0.15) is 18.3 Å². The molecule has 0 radical (unpaired) electrons. The predicted octanol–water partition coefficient (Wildman–Crippen LogP) is -1.93. The minimum absolute atomic E-state index is 0.321. The van der Waals surface area contributed by atoms with E-state index < -0.39 is 24.6 Å². The van der Waals surface area contributed by atoms with E-state index in [1.54, 1.807) is 0 Å². The Morgan fingerprint density at radius 3 is 2.27 bits per heavy atom. The average Bonchev–Trinajstić information content (AvgIpc) is 2.30. The van der Waals surface area contributed by atoms with Gasteiger partial charge in [0.25, 0.3) is 0 Å². The first-order valence-electron chi connectivity index (χ1n) is 3.36. The van der Waals surface area contributed by atoms with Gasteiger partial charge in [0, 0.05) is 7.11 Å². The van der Waals surface area contributed by atoms with E-state index in [4.69, 9.17) is 20.1 Å². The zero-order valence-corrected chi connectivity index (χ0v) is 6.17. The van der Waals surface area contributed by atoms with Gasteiger partial charge in [-0.15, -0.1) is 0 Å². The van der Waals surface area contributed by atoms with E-state index in [1.807, 2.05) is 0 Å². The summed E-state index contributed by atoms with van der Waals surface area (Å²) in [6, 6.07) is 0. The number of aliphatic hydroxyl groups excluding tert-OH is 3. The standard InChI is InChI=1S/C6H12O5/c1-10-6-5(9)4(8)3(2-7)11-6/h3-9H,2H2,1H3/t3-,4-,5-,6+/m1/s1. The summed E-state index contributed by atoms with van der Waals surface area (Å²) in [4.78, 5) is 0. The lowest BCUT2D eigenvalue weighted by atomic mass is 10.1. The molecule has 1 aliphatic rings. The van der Waals surface area contributed by atoms with E-state index in [9.17, 15) is 0 Å². The largest absolute Gasteiger partial charge is 0.394 e. The summed E-state index contributed by atoms with van der Waals surface area (Å²) in [5.74, 6) is 0. The molecule has 0 bridgehead atoms. The fraction of sp³-hybridized carbons (Fsp3) is 1.00. The molecule has 0 spiro atoms. The third-order valence-corrected chi connectivity index (χ3v) is 1.73. The molecule has 1 saturated heterocycles. The van der Waals surface area contributed by atoms with Crippen LogP contribution in [0.15, 0.2) is 0 Å². The molecule has 1 heterocycles. The van der Waals surface area contributed by atoms with Crippen molar-refractivity contribution in [1.82, 2.24) is 0 Å². The van der Waals surface area contributed by atoms with E-state index in [0.717, 1.165) is 0 Å². The highest BCUT2D eigenvalue weighted by Crippen LogP contribution is 2.20. The zero-order chi connectivity index (χ0) is 8.43. The van der Waals surface area contributed by atoms with Gasteiger partial charge in [-0.3, -0.25) is 0 Å². The zero-order valence-electron chi connectivity index (χ0n) is 6.17. The Balaban J connectivity index is 2.53. The maximum Gasteiger partial charge on any atom is 0.186 e. The van der Waals surface area contributed by atoms with Crippen LogP contribution >= 0.6 is 0 Å². The van der Waals surface area contributed by atoms with E-state index in [2.05, 4.69) is 4.74 Å². The number of aliphatic hydroxyl groups is 3. The highest BCUT2D eigenvalue weighted by atomic mass is 16.7. The van der Waals surface area contributed by atoms with E-state index >= 15 is 0 Å². The summed E-state index contributed by atoms with van der Waals surface area (Å²) < 4.78 is 9.59. The summed E-state index contributed by atoms with van der Waals surface area (Å²) >= 11 is 0. The van der Waals surface area contributed by atoms with Crippen LogP contribution in [-0.2, 0) is 9.47 Å². The van der Waals surface area contributed by atoms with Crippen LogP contribution in [0.1, 0.15) is 0 Å². The number of ether oxygens (including phenoxy) is 2. The van der Waals surface area contributed by atoms with Crippen LogP contribution in [0.5, 0.6) is 0 Å². The minimum Gasteiger partial charge on any atom is -0.394 e. The van der Waals surface area contributed by atoms with Gasteiger partial charge < -0.3 is 24.8 Å². The van der Waals surface area contributed by atoms with E-state index in [1.165, 1.54) is 7.11 Å². The highest BCUT2D eigenvalue weighted by Gasteiger charge is 2.42. The molecule has 0 aromatic rings. The van der Waals surface area contributed by atoms with Crippen molar-refractivity contribution in [2.45, 2.75) is 24.6 Å². The first kappa shape index (κ1) is 8.89. The molecule has 5 nitrogen and oxygen atoms in total. The second-order valence-corrected chi connectivity index (χ2v) is 2.44. The molecule has 3 N–H and O–H groups in total. The number of hydrogen-bond acceptors (Lipinski definition) is 5. The second kappa shape index (κ2) is 3.46. The van der Waals surface area contributed by atoms with Gasteiger partial charge in [-0.05, 0) is 0 Å². The number of rotatable bonds is 2. The highest BCUT2D eigenvalue weighted by molar-refractivity contribution is 4.85. The van der Waals surface area contributed by atoms with Gasteiger partial charge >= 0.3 is 0 Å². The Morgan fingerprint density at radius 2 is 2.00 bits per heavy atom. The molecule has 0 aromatic heterocycles. The molecule has 1 fully saturated rings. The molecule has 1 aliphatic heterocycles. The third kappa shape index (κ3) is 1.52. The Morgan fingerprint density at radius 1 is 1.36 bits per heavy atom. The molecular weight excluding hydrogens is 152 g/mol. The Kier molecular flexibility index (Phi) is 2.80. The lowest BCUT2D eigenvalue weighted by molar-refractivity contribution is -0.153. The third-order valence-electron chi connectivity index (χ3n) is 1.73. The summed E-state index contributed by atoms with van der Waals surface area (Å²) in [6.45, 7) is -0.321. The monoisotopic (exact) mass is 164 g/mol. The summed E-state index contributed by atoms with van der Waals surface area (Å²) in [6.07, 6.45) is -3.71.